The number of aromatic nitrogens is 3. The maximum atomic E-state index is 10.2. The molecule has 4 aromatic carbocycles. The van der Waals surface area contributed by atoms with Crippen molar-refractivity contribution in [3.05, 3.63) is 109 Å². The van der Waals surface area contributed by atoms with Crippen LogP contribution in [0.15, 0.2) is 109 Å². The lowest BCUT2D eigenvalue weighted by Crippen LogP contribution is -1.97. The van der Waals surface area contributed by atoms with Crippen LogP contribution < -0.4 is 4.74 Å². The highest BCUT2D eigenvalue weighted by Crippen LogP contribution is 2.35. The molecule has 1 N–H and O–H groups in total. The maximum absolute atomic E-state index is 10.2. The van der Waals surface area contributed by atoms with Gasteiger partial charge in [-0.25, -0.2) is 9.97 Å². The van der Waals surface area contributed by atoms with E-state index in [1.807, 2.05) is 54.6 Å². The van der Waals surface area contributed by atoms with Crippen molar-refractivity contribution < 1.29 is 9.84 Å². The minimum Gasteiger partial charge on any atom is -0.506 e. The minimum atomic E-state index is 0.130. The molecule has 0 bridgehead atoms. The molecule has 5 heteroatoms. The fourth-order valence-corrected chi connectivity index (χ4v) is 4.73. The van der Waals surface area contributed by atoms with Gasteiger partial charge < -0.3 is 9.84 Å². The van der Waals surface area contributed by atoms with E-state index in [1.165, 1.54) is 0 Å². The fourth-order valence-electron chi connectivity index (χ4n) is 4.73. The van der Waals surface area contributed by atoms with Crippen molar-refractivity contribution in [3.8, 4) is 23.2 Å². The molecule has 0 aliphatic carbocycles. The zero-order chi connectivity index (χ0) is 23.4. The molecule has 0 aliphatic heterocycles. The van der Waals surface area contributed by atoms with Crippen molar-refractivity contribution in [2.24, 2.45) is 0 Å². The van der Waals surface area contributed by atoms with Crippen LogP contribution in [0.5, 0.6) is 17.4 Å². The summed E-state index contributed by atoms with van der Waals surface area (Å²) < 4.78 is 8.32. The highest BCUT2D eigenvalue weighted by Gasteiger charge is 2.15. The predicted molar refractivity (Wildman–Crippen MR) is 140 cm³/mol. The number of hydrogen-bond acceptors (Lipinski definition) is 4. The van der Waals surface area contributed by atoms with Crippen LogP contribution in [-0.4, -0.2) is 19.6 Å². The number of phenolic OH excluding ortho intramolecular Hbond substituents is 1. The third kappa shape index (κ3) is 3.17. The van der Waals surface area contributed by atoms with Crippen LogP contribution in [0.1, 0.15) is 0 Å². The number of phenols is 1. The molecule has 7 aromatic rings. The number of rotatable bonds is 3. The molecule has 0 amide bonds. The highest BCUT2D eigenvalue weighted by molar-refractivity contribution is 6.09. The second-order valence-corrected chi connectivity index (χ2v) is 8.49. The largest absolute Gasteiger partial charge is 0.506 e. The molecule has 166 valence electrons. The van der Waals surface area contributed by atoms with Crippen LogP contribution in [0.3, 0.4) is 0 Å². The molecule has 0 atom stereocenters. The van der Waals surface area contributed by atoms with Crippen molar-refractivity contribution in [3.63, 3.8) is 0 Å². The average molecular weight is 454 g/mol. The van der Waals surface area contributed by atoms with E-state index in [-0.39, 0.29) is 5.75 Å². The Kier molecular flexibility index (Phi) is 4.23. The first-order valence-corrected chi connectivity index (χ1v) is 11.4. The third-order valence-corrected chi connectivity index (χ3v) is 6.35. The number of benzene rings is 4. The quantitative estimate of drug-likeness (QED) is 0.303. The second kappa shape index (κ2) is 7.57. The molecule has 0 saturated carbocycles. The van der Waals surface area contributed by atoms with Gasteiger partial charge in [-0.1, -0.05) is 48.5 Å². The summed E-state index contributed by atoms with van der Waals surface area (Å²) in [6, 6.07) is 35.7. The molecule has 3 aromatic heterocycles. The Morgan fingerprint density at radius 3 is 2.40 bits per heavy atom. The smallest absolute Gasteiger partial charge is 0.219 e. The van der Waals surface area contributed by atoms with Crippen molar-refractivity contribution in [1.29, 1.82) is 0 Å². The minimum absolute atomic E-state index is 0.130. The van der Waals surface area contributed by atoms with Gasteiger partial charge in [0.1, 0.15) is 22.8 Å². The van der Waals surface area contributed by atoms with Gasteiger partial charge in [0.25, 0.3) is 0 Å². The van der Waals surface area contributed by atoms with E-state index in [0.717, 1.165) is 43.9 Å². The predicted octanol–water partition coefficient (Wildman–Crippen LogP) is 7.38. The Morgan fingerprint density at radius 2 is 1.43 bits per heavy atom. The molecule has 0 saturated heterocycles. The monoisotopic (exact) mass is 453 g/mol. The molecule has 0 radical (unpaired) electrons. The number of ether oxygens (including phenoxy) is 1. The van der Waals surface area contributed by atoms with E-state index in [9.17, 15) is 5.11 Å². The van der Waals surface area contributed by atoms with Crippen LogP contribution >= 0.6 is 0 Å². The molecule has 0 fully saturated rings. The molecular formula is C30H19N3O2. The van der Waals surface area contributed by atoms with Gasteiger partial charge in [0.15, 0.2) is 0 Å². The van der Waals surface area contributed by atoms with E-state index in [0.29, 0.717) is 17.1 Å². The lowest BCUT2D eigenvalue weighted by molar-refractivity contribution is 0.460. The van der Waals surface area contributed by atoms with E-state index < -0.39 is 0 Å². The summed E-state index contributed by atoms with van der Waals surface area (Å²) in [5.74, 6) is 2.06. The Hall–Kier alpha value is -4.90. The summed E-state index contributed by atoms with van der Waals surface area (Å²) in [5, 5.41) is 14.4. The van der Waals surface area contributed by atoms with E-state index in [2.05, 4.69) is 52.0 Å². The van der Waals surface area contributed by atoms with Gasteiger partial charge in [0, 0.05) is 33.7 Å². The second-order valence-electron chi connectivity index (χ2n) is 8.49. The van der Waals surface area contributed by atoms with E-state index in [1.54, 1.807) is 12.1 Å². The Labute approximate surface area is 200 Å². The molecule has 7 rings (SSSR count). The van der Waals surface area contributed by atoms with Gasteiger partial charge in [-0.2, -0.15) is 0 Å². The average Bonchev–Trinajstić information content (AvgIpc) is 3.22. The van der Waals surface area contributed by atoms with Crippen molar-refractivity contribution in [2.45, 2.75) is 0 Å². The van der Waals surface area contributed by atoms with Crippen LogP contribution in [0.25, 0.3) is 49.4 Å². The molecule has 0 spiro atoms. The summed E-state index contributed by atoms with van der Waals surface area (Å²) in [4.78, 5) is 9.47. The number of pyridine rings is 2. The lowest BCUT2D eigenvalue weighted by Gasteiger charge is -2.10. The molecule has 35 heavy (non-hydrogen) atoms. The van der Waals surface area contributed by atoms with Crippen molar-refractivity contribution in [2.75, 3.05) is 0 Å². The van der Waals surface area contributed by atoms with Crippen molar-refractivity contribution in [1.82, 2.24) is 14.5 Å². The Bertz CT molecular complexity index is 1910. The SMILES string of the molecule is Oc1cccc2ccc(Oc3ccc4c5ccccc5n(-c5ccc6ccccc6n5)c4c3)nc12. The van der Waals surface area contributed by atoms with Crippen LogP contribution in [-0.2, 0) is 0 Å². The first-order chi connectivity index (χ1) is 17.2. The number of nitrogens with zero attached hydrogens (tertiary/aromatic N) is 3. The number of aromatic hydroxyl groups is 1. The summed E-state index contributed by atoms with van der Waals surface area (Å²) in [7, 11) is 0. The maximum Gasteiger partial charge on any atom is 0.219 e. The standard InChI is InChI=1S/C30H19N3O2/c34-27-11-5-7-20-13-17-29(32-30(20)27)35-21-14-15-23-22-8-2-4-10-25(22)33(26(23)18-21)28-16-12-19-6-1-3-9-24(19)31-28/h1-18,34H. The van der Waals surface area contributed by atoms with Gasteiger partial charge in [0.2, 0.25) is 5.88 Å². The first-order valence-electron chi connectivity index (χ1n) is 11.4. The lowest BCUT2D eigenvalue weighted by atomic mass is 10.1. The number of hydrogen-bond donors (Lipinski definition) is 1. The molecular weight excluding hydrogens is 434 g/mol. The van der Waals surface area contributed by atoms with Crippen molar-refractivity contribution >= 4 is 43.6 Å². The molecule has 5 nitrogen and oxygen atoms in total. The number of para-hydroxylation sites is 3. The van der Waals surface area contributed by atoms with Gasteiger partial charge >= 0.3 is 0 Å². The van der Waals surface area contributed by atoms with Gasteiger partial charge in [-0.3, -0.25) is 4.57 Å². The zero-order valence-corrected chi connectivity index (χ0v) is 18.6. The van der Waals surface area contributed by atoms with E-state index >= 15 is 0 Å². The topological polar surface area (TPSA) is 60.2 Å². The zero-order valence-electron chi connectivity index (χ0n) is 18.6. The van der Waals surface area contributed by atoms with Crippen LogP contribution in [0.2, 0.25) is 0 Å². The molecule has 3 heterocycles. The Morgan fingerprint density at radius 1 is 0.629 bits per heavy atom. The van der Waals surface area contributed by atoms with E-state index in [4.69, 9.17) is 9.72 Å². The summed E-state index contributed by atoms with van der Waals surface area (Å²) in [5.41, 5.74) is 3.54. The van der Waals surface area contributed by atoms with Gasteiger partial charge in [-0.15, -0.1) is 0 Å². The summed E-state index contributed by atoms with van der Waals surface area (Å²) >= 11 is 0. The normalized spacial score (nSPS) is 11.5. The molecule has 0 aliphatic rings. The highest BCUT2D eigenvalue weighted by atomic mass is 16.5. The summed E-state index contributed by atoms with van der Waals surface area (Å²) in [6.45, 7) is 0. The number of fused-ring (bicyclic) bond motifs is 5. The summed E-state index contributed by atoms with van der Waals surface area (Å²) in [6.07, 6.45) is 0. The van der Waals surface area contributed by atoms with Crippen LogP contribution in [0.4, 0.5) is 0 Å². The Balaban J connectivity index is 1.41. The van der Waals surface area contributed by atoms with Gasteiger partial charge in [0.05, 0.1) is 16.6 Å². The van der Waals surface area contributed by atoms with Gasteiger partial charge in [-0.05, 0) is 48.5 Å². The molecule has 0 unspecified atom stereocenters. The third-order valence-electron chi connectivity index (χ3n) is 6.35. The first kappa shape index (κ1) is 19.6. The van der Waals surface area contributed by atoms with Crippen LogP contribution in [0, 0.1) is 0 Å². The fraction of sp³-hybridized carbons (Fsp3) is 0.